The van der Waals surface area contributed by atoms with Crippen LogP contribution in [0.15, 0.2) is 306 Å². The SMILES string of the molecule is C=C/C=C1\C(=C/C)C2(c3ccccc31)c1cc(N(c3ccc4c(c3)C(CCCCCCC)(CCCCCCC)c3c5c(c6oc7ccccc7c6c3-4)-c3ccccc3C5(CCCCCCC)CCCCCCC)c3nc(-c4ccccc4)nc(-c4ccccc4)n3)ccc1-c1cc3c(cc12)-c1c(ccc2oc4ccccc4c12)C31c2ccccc2-c2ccccc21. The quantitative estimate of drug-likeness (QED) is 0.0418. The number of aromatic nitrogens is 3. The lowest BCUT2D eigenvalue weighted by atomic mass is 9.62. The third kappa shape index (κ3) is 11.9. The minimum absolute atomic E-state index is 0.250. The van der Waals surface area contributed by atoms with E-state index in [-0.39, 0.29) is 5.41 Å². The topological polar surface area (TPSA) is 68.2 Å². The van der Waals surface area contributed by atoms with Crippen molar-refractivity contribution in [3.8, 4) is 78.4 Å². The molecule has 126 heavy (non-hydrogen) atoms. The van der Waals surface area contributed by atoms with E-state index >= 15 is 0 Å². The molecule has 6 heteroatoms. The zero-order chi connectivity index (χ0) is 84.8. The van der Waals surface area contributed by atoms with Crippen molar-refractivity contribution in [1.82, 2.24) is 15.0 Å². The third-order valence-corrected chi connectivity index (χ3v) is 30.2. The molecule has 0 amide bonds. The van der Waals surface area contributed by atoms with E-state index in [1.165, 1.54) is 249 Å². The van der Waals surface area contributed by atoms with Crippen LogP contribution in [0.1, 0.15) is 255 Å². The van der Waals surface area contributed by atoms with E-state index in [2.05, 4.69) is 325 Å². The number of hydrogen-bond donors (Lipinski definition) is 0. The molecule has 13 aromatic carbocycles. The smallest absolute Gasteiger partial charge is 0.238 e. The van der Waals surface area contributed by atoms with E-state index in [1.807, 2.05) is 6.08 Å². The highest BCUT2D eigenvalue weighted by atomic mass is 16.3. The van der Waals surface area contributed by atoms with Crippen molar-refractivity contribution in [2.45, 2.75) is 210 Å². The average Bonchev–Trinajstić information content (AvgIpc) is 1.49. The van der Waals surface area contributed by atoms with Crippen molar-refractivity contribution in [1.29, 1.82) is 0 Å². The molecule has 0 saturated heterocycles. The Hall–Kier alpha value is -12.5. The van der Waals surface area contributed by atoms with Crippen LogP contribution in [0, 0.1) is 0 Å². The molecule has 6 aliphatic carbocycles. The number of nitrogens with zero attached hydrogens (tertiary/aromatic N) is 4. The van der Waals surface area contributed by atoms with Crippen LogP contribution in [-0.4, -0.2) is 15.0 Å². The van der Waals surface area contributed by atoms with Crippen molar-refractivity contribution in [2.24, 2.45) is 0 Å². The second kappa shape index (κ2) is 32.5. The Labute approximate surface area is 743 Å². The van der Waals surface area contributed by atoms with E-state index in [0.717, 1.165) is 94.1 Å². The van der Waals surface area contributed by atoms with Gasteiger partial charge in [-0.3, -0.25) is 4.90 Å². The first-order valence-electron chi connectivity index (χ1n) is 47.8. The van der Waals surface area contributed by atoms with Gasteiger partial charge in [0.1, 0.15) is 22.3 Å². The Morgan fingerprint density at radius 2 is 0.762 bits per heavy atom. The Bertz CT molecular complexity index is 6910. The van der Waals surface area contributed by atoms with E-state index in [0.29, 0.717) is 17.6 Å². The summed E-state index contributed by atoms with van der Waals surface area (Å²) in [5.74, 6) is 1.77. The predicted molar refractivity (Wildman–Crippen MR) is 526 cm³/mol. The molecule has 0 N–H and O–H groups in total. The van der Waals surface area contributed by atoms with Crippen LogP contribution in [0.25, 0.3) is 128 Å². The molecular weight excluding hydrogens is 1530 g/mol. The molecule has 3 heterocycles. The molecule has 3 aromatic heterocycles. The van der Waals surface area contributed by atoms with Gasteiger partial charge in [0.2, 0.25) is 5.95 Å². The van der Waals surface area contributed by atoms with E-state index in [1.54, 1.807) is 11.1 Å². The number of anilines is 3. The lowest BCUT2D eigenvalue weighted by Gasteiger charge is -2.40. The molecular formula is C120H112N4O2. The number of furan rings is 2. The summed E-state index contributed by atoms with van der Waals surface area (Å²) in [7, 11) is 0. The summed E-state index contributed by atoms with van der Waals surface area (Å²) >= 11 is 0. The first-order chi connectivity index (χ1) is 62.3. The Morgan fingerprint density at radius 1 is 0.325 bits per heavy atom. The Kier molecular flexibility index (Phi) is 20.5. The molecule has 6 nitrogen and oxygen atoms in total. The fourth-order valence-corrected chi connectivity index (χ4v) is 25.0. The second-order valence-electron chi connectivity index (χ2n) is 37.0. The number of rotatable bonds is 30. The van der Waals surface area contributed by atoms with Crippen LogP contribution < -0.4 is 4.90 Å². The molecule has 0 aliphatic heterocycles. The van der Waals surface area contributed by atoms with Gasteiger partial charge in [-0.25, -0.2) is 4.98 Å². The normalized spacial score (nSPS) is 16.2. The van der Waals surface area contributed by atoms with Gasteiger partial charge in [0.25, 0.3) is 0 Å². The number of unbranched alkanes of at least 4 members (excludes halogenated alkanes) is 16. The molecule has 2 spiro atoms. The van der Waals surface area contributed by atoms with Gasteiger partial charge < -0.3 is 8.83 Å². The third-order valence-electron chi connectivity index (χ3n) is 30.2. The summed E-state index contributed by atoms with van der Waals surface area (Å²) in [4.78, 5) is 19.8. The summed E-state index contributed by atoms with van der Waals surface area (Å²) in [6.07, 6.45) is 35.1. The maximum Gasteiger partial charge on any atom is 0.238 e. The van der Waals surface area contributed by atoms with Crippen LogP contribution in [0.2, 0.25) is 0 Å². The number of fused-ring (bicyclic) bond motifs is 33. The van der Waals surface area contributed by atoms with E-state index in [4.69, 9.17) is 23.8 Å². The predicted octanol–water partition coefficient (Wildman–Crippen LogP) is 33.6. The van der Waals surface area contributed by atoms with Crippen molar-refractivity contribution >= 4 is 66.8 Å². The van der Waals surface area contributed by atoms with Crippen LogP contribution >= 0.6 is 0 Å². The highest BCUT2D eigenvalue weighted by molar-refractivity contribution is 6.22. The van der Waals surface area contributed by atoms with Crippen molar-refractivity contribution in [3.63, 3.8) is 0 Å². The number of hydrogen-bond acceptors (Lipinski definition) is 6. The van der Waals surface area contributed by atoms with Gasteiger partial charge >= 0.3 is 0 Å². The largest absolute Gasteiger partial charge is 0.456 e. The van der Waals surface area contributed by atoms with Crippen LogP contribution in [0.5, 0.6) is 0 Å². The van der Waals surface area contributed by atoms with Crippen molar-refractivity contribution < 1.29 is 8.83 Å². The standard InChI is InChI=1S/C120H112N4O2/c1-7-13-17-21-43-70-117(71-44-22-18-14-8-2)94-58-37-34-55-87(94)110-112(117)111-108(109-90-57-36-42-63-104(90)126-113(109)110)88-67-65-80(74-99(88)118(111,72-45-23-19-15-9-3)73-46-24-20-16-10-4)124(116-122-114(78-48-27-25-28-49-78)121-115(123-116)79-50-29-26-30-51-79)81-64-66-86-91-76-102-92(77-101(91)119(100(86)75-81)93(12-6)82(47-11-5)83-52-31-38-59-95(83)119)106-98(68-69-105-107(106)89-56-35-41-62-103(89)125-105)120(102)96-60-39-32-53-84(96)85-54-33-40-61-97(85)120/h11-12,25-42,47-69,74-77H,5,7-10,13-24,43-46,70-73H2,1-4,6H3/b82-47-,93-12+. The Balaban J connectivity index is 0.843. The molecule has 22 rings (SSSR count). The van der Waals surface area contributed by atoms with Gasteiger partial charge in [0.15, 0.2) is 11.6 Å². The van der Waals surface area contributed by atoms with Crippen molar-refractivity contribution in [3.05, 3.63) is 364 Å². The average molecular weight is 1640 g/mol. The van der Waals surface area contributed by atoms with E-state index < -0.39 is 16.2 Å². The number of benzene rings is 13. The molecule has 624 valence electrons. The molecule has 0 saturated carbocycles. The van der Waals surface area contributed by atoms with Crippen LogP contribution in [-0.2, 0) is 21.7 Å². The molecule has 16 aromatic rings. The summed E-state index contributed by atoms with van der Waals surface area (Å²) in [5, 5.41) is 4.74. The highest BCUT2D eigenvalue weighted by Gasteiger charge is 2.59. The fourth-order valence-electron chi connectivity index (χ4n) is 25.0. The van der Waals surface area contributed by atoms with Gasteiger partial charge in [0.05, 0.1) is 10.8 Å². The lowest BCUT2D eigenvalue weighted by Crippen LogP contribution is -2.33. The summed E-state index contributed by atoms with van der Waals surface area (Å²) in [6.45, 7) is 16.2. The van der Waals surface area contributed by atoms with E-state index in [9.17, 15) is 0 Å². The fraction of sp³-hybridized carbons (Fsp3) is 0.275. The van der Waals surface area contributed by atoms with Gasteiger partial charge in [-0.15, -0.1) is 0 Å². The minimum Gasteiger partial charge on any atom is -0.456 e. The maximum absolute atomic E-state index is 7.72. The zero-order valence-corrected chi connectivity index (χ0v) is 73.9. The van der Waals surface area contributed by atoms with Crippen molar-refractivity contribution in [2.75, 3.05) is 4.90 Å². The van der Waals surface area contributed by atoms with Gasteiger partial charge in [0, 0.05) is 60.4 Å². The number of allylic oxidation sites excluding steroid dienone is 5. The molecule has 0 fully saturated rings. The van der Waals surface area contributed by atoms with Gasteiger partial charge in [-0.2, -0.15) is 9.97 Å². The van der Waals surface area contributed by atoms with Gasteiger partial charge in [-0.05, 0) is 215 Å². The monoisotopic (exact) mass is 1640 g/mol. The summed E-state index contributed by atoms with van der Waals surface area (Å²) in [6, 6.07) is 102. The highest BCUT2D eigenvalue weighted by Crippen LogP contribution is 2.72. The Morgan fingerprint density at radius 3 is 1.33 bits per heavy atom. The summed E-state index contributed by atoms with van der Waals surface area (Å²) in [5.41, 5.74) is 36.9. The first-order valence-corrected chi connectivity index (χ1v) is 47.8. The lowest BCUT2D eigenvalue weighted by molar-refractivity contribution is 0.369. The van der Waals surface area contributed by atoms with Crippen LogP contribution in [0.4, 0.5) is 17.3 Å². The molecule has 0 radical (unpaired) electrons. The molecule has 0 bridgehead atoms. The number of para-hydroxylation sites is 2. The molecule has 1 unspecified atom stereocenters. The molecule has 1 atom stereocenters. The zero-order valence-electron chi connectivity index (χ0n) is 73.9. The maximum atomic E-state index is 7.72. The molecule has 6 aliphatic rings. The first kappa shape index (κ1) is 79.4. The van der Waals surface area contributed by atoms with Gasteiger partial charge in [-0.1, -0.05) is 393 Å². The second-order valence-corrected chi connectivity index (χ2v) is 37.0. The van der Waals surface area contributed by atoms with Crippen LogP contribution in [0.3, 0.4) is 0 Å². The minimum atomic E-state index is -0.849. The summed E-state index contributed by atoms with van der Waals surface area (Å²) < 4.78 is 14.7.